The molecular formula is C16H22BrNO5. The van der Waals surface area contributed by atoms with Crippen LogP contribution in [0.1, 0.15) is 31.2 Å². The number of ether oxygens (including phenoxy) is 2. The zero-order valence-electron chi connectivity index (χ0n) is 13.4. The fourth-order valence-electron chi connectivity index (χ4n) is 2.11. The number of carboxylic acids is 1. The summed E-state index contributed by atoms with van der Waals surface area (Å²) < 4.78 is 11.4. The molecule has 0 bridgehead atoms. The lowest BCUT2D eigenvalue weighted by Crippen LogP contribution is -2.25. The molecule has 0 heterocycles. The SMILES string of the molecule is COc1cc(CCNC(=O)CCCCC(=O)O)c(OC)cc1Br. The second kappa shape index (κ2) is 10.1. The van der Waals surface area contributed by atoms with Crippen molar-refractivity contribution < 1.29 is 24.2 Å². The van der Waals surface area contributed by atoms with Crippen LogP contribution >= 0.6 is 15.9 Å². The van der Waals surface area contributed by atoms with Crippen molar-refractivity contribution in [1.29, 1.82) is 0 Å². The summed E-state index contributed by atoms with van der Waals surface area (Å²) in [6, 6.07) is 3.71. The monoisotopic (exact) mass is 387 g/mol. The third-order valence-electron chi connectivity index (χ3n) is 3.32. The van der Waals surface area contributed by atoms with E-state index < -0.39 is 5.97 Å². The number of methoxy groups -OCH3 is 2. The van der Waals surface area contributed by atoms with Gasteiger partial charge in [0.05, 0.1) is 18.7 Å². The number of carboxylic acid groups (broad SMARTS) is 1. The molecular weight excluding hydrogens is 366 g/mol. The van der Waals surface area contributed by atoms with Crippen LogP contribution in [0.3, 0.4) is 0 Å². The van der Waals surface area contributed by atoms with Gasteiger partial charge in [0.15, 0.2) is 0 Å². The van der Waals surface area contributed by atoms with Gasteiger partial charge >= 0.3 is 5.97 Å². The number of hydrogen-bond donors (Lipinski definition) is 2. The Morgan fingerprint density at radius 2 is 1.78 bits per heavy atom. The lowest BCUT2D eigenvalue weighted by Gasteiger charge is -2.12. The van der Waals surface area contributed by atoms with Gasteiger partial charge in [-0.1, -0.05) is 0 Å². The molecule has 2 N–H and O–H groups in total. The van der Waals surface area contributed by atoms with E-state index in [0.29, 0.717) is 38.0 Å². The van der Waals surface area contributed by atoms with E-state index in [-0.39, 0.29) is 12.3 Å². The van der Waals surface area contributed by atoms with Gasteiger partial charge in [-0.25, -0.2) is 0 Å². The molecule has 23 heavy (non-hydrogen) atoms. The molecule has 0 radical (unpaired) electrons. The van der Waals surface area contributed by atoms with E-state index in [1.807, 2.05) is 12.1 Å². The molecule has 0 spiro atoms. The van der Waals surface area contributed by atoms with Gasteiger partial charge in [0.2, 0.25) is 5.91 Å². The zero-order valence-corrected chi connectivity index (χ0v) is 14.9. The van der Waals surface area contributed by atoms with Crippen LogP contribution in [0, 0.1) is 0 Å². The highest BCUT2D eigenvalue weighted by atomic mass is 79.9. The molecule has 0 atom stereocenters. The molecule has 0 fully saturated rings. The first-order valence-electron chi connectivity index (χ1n) is 7.36. The van der Waals surface area contributed by atoms with Crippen LogP contribution in [0.25, 0.3) is 0 Å². The van der Waals surface area contributed by atoms with Crippen LogP contribution in [0.2, 0.25) is 0 Å². The van der Waals surface area contributed by atoms with E-state index in [9.17, 15) is 9.59 Å². The van der Waals surface area contributed by atoms with Gasteiger partial charge in [0.25, 0.3) is 0 Å². The molecule has 128 valence electrons. The van der Waals surface area contributed by atoms with Crippen LogP contribution < -0.4 is 14.8 Å². The Labute approximate surface area is 144 Å². The molecule has 0 aliphatic carbocycles. The molecule has 0 aliphatic rings. The van der Waals surface area contributed by atoms with E-state index in [1.54, 1.807) is 14.2 Å². The summed E-state index contributed by atoms with van der Waals surface area (Å²) in [4.78, 5) is 22.1. The smallest absolute Gasteiger partial charge is 0.303 e. The van der Waals surface area contributed by atoms with Crippen molar-refractivity contribution in [1.82, 2.24) is 5.32 Å². The number of aliphatic carboxylic acids is 1. The van der Waals surface area contributed by atoms with E-state index in [1.165, 1.54) is 0 Å². The molecule has 0 saturated carbocycles. The molecule has 1 aromatic carbocycles. The van der Waals surface area contributed by atoms with Crippen molar-refractivity contribution in [2.24, 2.45) is 0 Å². The molecule has 1 aromatic rings. The summed E-state index contributed by atoms with van der Waals surface area (Å²) in [5, 5.41) is 11.4. The minimum atomic E-state index is -0.832. The highest BCUT2D eigenvalue weighted by Crippen LogP contribution is 2.32. The first kappa shape index (κ1) is 19.3. The number of carbonyl (C=O) groups is 2. The summed E-state index contributed by atoms with van der Waals surface area (Å²) in [5.74, 6) is 0.536. The summed E-state index contributed by atoms with van der Waals surface area (Å²) in [7, 11) is 3.19. The van der Waals surface area contributed by atoms with Gasteiger partial charge in [-0.05, 0) is 52.9 Å². The topological polar surface area (TPSA) is 84.9 Å². The molecule has 6 nitrogen and oxygen atoms in total. The lowest BCUT2D eigenvalue weighted by atomic mass is 10.1. The standard InChI is InChI=1S/C16H22BrNO5/c1-22-13-10-12(17)14(23-2)9-11(13)7-8-18-15(19)5-3-4-6-16(20)21/h9-10H,3-8H2,1-2H3,(H,18,19)(H,20,21). The van der Waals surface area contributed by atoms with E-state index in [4.69, 9.17) is 14.6 Å². The molecule has 0 aromatic heterocycles. The first-order chi connectivity index (χ1) is 11.0. The third-order valence-corrected chi connectivity index (χ3v) is 3.94. The maximum Gasteiger partial charge on any atom is 0.303 e. The maximum atomic E-state index is 11.7. The average molecular weight is 388 g/mol. The van der Waals surface area contributed by atoms with Crippen molar-refractivity contribution in [3.63, 3.8) is 0 Å². The predicted octanol–water partition coefficient (Wildman–Crippen LogP) is 2.77. The summed E-state index contributed by atoms with van der Waals surface area (Å²) >= 11 is 3.40. The molecule has 0 unspecified atom stereocenters. The number of rotatable bonds is 10. The van der Waals surface area contributed by atoms with Gasteiger partial charge in [0, 0.05) is 19.4 Å². The van der Waals surface area contributed by atoms with Gasteiger partial charge in [-0.15, -0.1) is 0 Å². The Morgan fingerprint density at radius 1 is 1.13 bits per heavy atom. The van der Waals surface area contributed by atoms with Crippen LogP contribution in [0.15, 0.2) is 16.6 Å². The van der Waals surface area contributed by atoms with Crippen molar-refractivity contribution in [2.75, 3.05) is 20.8 Å². The molecule has 0 saturated heterocycles. The van der Waals surface area contributed by atoms with E-state index >= 15 is 0 Å². The minimum absolute atomic E-state index is 0.0709. The van der Waals surface area contributed by atoms with Crippen LogP contribution in [-0.4, -0.2) is 37.7 Å². The largest absolute Gasteiger partial charge is 0.496 e. The number of nitrogens with one attached hydrogen (secondary N) is 1. The number of hydrogen-bond acceptors (Lipinski definition) is 4. The Balaban J connectivity index is 2.43. The second-order valence-electron chi connectivity index (χ2n) is 5.00. The quantitative estimate of drug-likeness (QED) is 0.602. The maximum absolute atomic E-state index is 11.7. The normalized spacial score (nSPS) is 10.2. The Bertz CT molecular complexity index is 548. The Kier molecular flexibility index (Phi) is 8.47. The summed E-state index contributed by atoms with van der Waals surface area (Å²) in [6.45, 7) is 0.485. The van der Waals surface area contributed by atoms with Crippen molar-refractivity contribution >= 4 is 27.8 Å². The van der Waals surface area contributed by atoms with Crippen LogP contribution in [-0.2, 0) is 16.0 Å². The summed E-state index contributed by atoms with van der Waals surface area (Å²) in [6.07, 6.45) is 2.15. The predicted molar refractivity (Wildman–Crippen MR) is 90.1 cm³/mol. The van der Waals surface area contributed by atoms with Crippen molar-refractivity contribution in [3.8, 4) is 11.5 Å². The van der Waals surface area contributed by atoms with Gasteiger partial charge in [-0.3, -0.25) is 9.59 Å². The lowest BCUT2D eigenvalue weighted by molar-refractivity contribution is -0.137. The zero-order chi connectivity index (χ0) is 17.2. The van der Waals surface area contributed by atoms with Gasteiger partial charge in [-0.2, -0.15) is 0 Å². The molecule has 1 rings (SSSR count). The number of halogens is 1. The van der Waals surface area contributed by atoms with Crippen molar-refractivity contribution in [2.45, 2.75) is 32.1 Å². The highest BCUT2D eigenvalue weighted by Gasteiger charge is 2.10. The van der Waals surface area contributed by atoms with Gasteiger partial charge in [0.1, 0.15) is 11.5 Å². The first-order valence-corrected chi connectivity index (χ1v) is 8.16. The fraction of sp³-hybridized carbons (Fsp3) is 0.500. The fourth-order valence-corrected chi connectivity index (χ4v) is 2.59. The Morgan fingerprint density at radius 3 is 2.39 bits per heavy atom. The average Bonchev–Trinajstić information content (AvgIpc) is 2.52. The number of carbonyl (C=O) groups excluding carboxylic acids is 1. The molecule has 7 heteroatoms. The minimum Gasteiger partial charge on any atom is -0.496 e. The number of unbranched alkanes of at least 4 members (excludes halogenated alkanes) is 1. The Hall–Kier alpha value is -1.76. The van der Waals surface area contributed by atoms with Crippen LogP contribution in [0.4, 0.5) is 0 Å². The van der Waals surface area contributed by atoms with E-state index in [2.05, 4.69) is 21.2 Å². The number of benzene rings is 1. The summed E-state index contributed by atoms with van der Waals surface area (Å²) in [5.41, 5.74) is 0.943. The van der Waals surface area contributed by atoms with Crippen LogP contribution in [0.5, 0.6) is 11.5 Å². The third kappa shape index (κ3) is 6.90. The number of amides is 1. The molecule has 0 aliphatic heterocycles. The van der Waals surface area contributed by atoms with Gasteiger partial charge < -0.3 is 19.9 Å². The highest BCUT2D eigenvalue weighted by molar-refractivity contribution is 9.10. The molecule has 1 amide bonds. The van der Waals surface area contributed by atoms with Crippen molar-refractivity contribution in [3.05, 3.63) is 22.2 Å². The van der Waals surface area contributed by atoms with E-state index in [0.717, 1.165) is 15.8 Å². The second-order valence-corrected chi connectivity index (χ2v) is 5.85.